The van der Waals surface area contributed by atoms with Gasteiger partial charge in [-0.2, -0.15) is 4.39 Å². The summed E-state index contributed by atoms with van der Waals surface area (Å²) in [5.74, 6) is -3.63. The van der Waals surface area contributed by atoms with Gasteiger partial charge in [0.2, 0.25) is 5.82 Å². The molecule has 2 aromatic carbocycles. The van der Waals surface area contributed by atoms with Crippen LogP contribution < -0.4 is 9.62 Å². The second-order valence-corrected chi connectivity index (χ2v) is 4.24. The Morgan fingerprint density at radius 1 is 1.15 bits per heavy atom. The minimum absolute atomic E-state index is 0.263. The van der Waals surface area contributed by atoms with Crippen molar-refractivity contribution in [3.05, 3.63) is 54.1 Å². The minimum atomic E-state index is -1.44. The van der Waals surface area contributed by atoms with Crippen LogP contribution in [0.25, 0.3) is 0 Å². The summed E-state index contributed by atoms with van der Waals surface area (Å²) in [6.07, 6.45) is 0. The lowest BCUT2D eigenvalue weighted by atomic mass is 10.2. The minimum Gasteiger partial charge on any atom is -0.503 e. The smallest absolute Gasteiger partial charge is 0.336 e. The fourth-order valence-corrected chi connectivity index (χ4v) is 1.72. The molecule has 0 unspecified atom stereocenters. The molecule has 0 aliphatic carbocycles. The Kier molecular flexibility index (Phi) is 4.09. The number of phenolic OH excluding ortho intramolecular Hbond substituents is 1. The molecule has 7 heteroatoms. The lowest BCUT2D eigenvalue weighted by Crippen LogP contribution is -2.27. The summed E-state index contributed by atoms with van der Waals surface area (Å²) in [5.41, 5.74) is 0.235. The van der Waals surface area contributed by atoms with Crippen LogP contribution in [-0.2, 0) is 0 Å². The number of hydrogen-bond donors (Lipinski definition) is 3. The molecule has 0 bridgehead atoms. The molecular weight excluding hydrogens is 286 g/mol. The van der Waals surface area contributed by atoms with E-state index in [2.05, 4.69) is 18.1 Å². The summed E-state index contributed by atoms with van der Waals surface area (Å²) in [6.45, 7) is 0. The second kappa shape index (κ2) is 5.79. The van der Waals surface area contributed by atoms with Crippen molar-refractivity contribution in [3.8, 4) is 5.75 Å². The zero-order valence-corrected chi connectivity index (χ0v) is 10.9. The van der Waals surface area contributed by atoms with Crippen LogP contribution in [-0.4, -0.2) is 11.1 Å². The lowest BCUT2D eigenvalue weighted by Gasteiger charge is -2.18. The molecule has 0 saturated heterocycles. The Morgan fingerprint density at radius 2 is 1.80 bits per heavy atom. The van der Waals surface area contributed by atoms with Crippen molar-refractivity contribution in [1.29, 1.82) is 0 Å². The standard InChI is InChI=1S/C13H10F2N2O2S/c14-9-6-7-10(12(18)11(9)15)17(20)13(19)16-8-4-2-1-3-5-8/h1-7,18,20H,(H,16,19). The van der Waals surface area contributed by atoms with Crippen LogP contribution in [0.4, 0.5) is 25.0 Å². The number of phenols is 1. The first kappa shape index (κ1) is 14.1. The van der Waals surface area contributed by atoms with Gasteiger partial charge in [0, 0.05) is 5.69 Å². The topological polar surface area (TPSA) is 52.6 Å². The monoisotopic (exact) mass is 296 g/mol. The summed E-state index contributed by atoms with van der Waals surface area (Å²) < 4.78 is 26.8. The van der Waals surface area contributed by atoms with Crippen LogP contribution in [0.15, 0.2) is 42.5 Å². The van der Waals surface area contributed by atoms with E-state index in [0.29, 0.717) is 9.99 Å². The highest BCUT2D eigenvalue weighted by molar-refractivity contribution is 7.82. The fraction of sp³-hybridized carbons (Fsp3) is 0. The van der Waals surface area contributed by atoms with Crippen molar-refractivity contribution in [3.63, 3.8) is 0 Å². The van der Waals surface area contributed by atoms with Crippen LogP contribution in [0.1, 0.15) is 0 Å². The molecule has 2 aromatic rings. The number of carbonyl (C=O) groups is 1. The quantitative estimate of drug-likeness (QED) is 0.742. The Bertz CT molecular complexity index is 638. The molecule has 2 amide bonds. The van der Waals surface area contributed by atoms with Gasteiger partial charge in [-0.25, -0.2) is 13.5 Å². The number of nitrogens with zero attached hydrogens (tertiary/aromatic N) is 1. The zero-order valence-electron chi connectivity index (χ0n) is 10.0. The molecule has 0 aliphatic rings. The van der Waals surface area contributed by atoms with Gasteiger partial charge in [0.15, 0.2) is 11.6 Å². The average Bonchev–Trinajstić information content (AvgIpc) is 2.45. The zero-order chi connectivity index (χ0) is 14.7. The van der Waals surface area contributed by atoms with Gasteiger partial charge < -0.3 is 10.4 Å². The first-order chi connectivity index (χ1) is 9.50. The third-order valence-electron chi connectivity index (χ3n) is 2.49. The van der Waals surface area contributed by atoms with Gasteiger partial charge in [-0.1, -0.05) is 31.0 Å². The van der Waals surface area contributed by atoms with Crippen LogP contribution in [0.2, 0.25) is 0 Å². The molecule has 0 aliphatic heterocycles. The molecular formula is C13H10F2N2O2S. The van der Waals surface area contributed by atoms with Gasteiger partial charge >= 0.3 is 6.03 Å². The molecule has 20 heavy (non-hydrogen) atoms. The Balaban J connectivity index is 2.21. The number of hydrogen-bond acceptors (Lipinski definition) is 3. The maximum Gasteiger partial charge on any atom is 0.336 e. The summed E-state index contributed by atoms with van der Waals surface area (Å²) in [4.78, 5) is 11.9. The molecule has 0 heterocycles. The molecule has 0 spiro atoms. The van der Waals surface area contributed by atoms with Crippen molar-refractivity contribution in [2.24, 2.45) is 0 Å². The summed E-state index contributed by atoms with van der Waals surface area (Å²) in [7, 11) is 0. The van der Waals surface area contributed by atoms with Crippen LogP contribution in [0.3, 0.4) is 0 Å². The molecule has 104 valence electrons. The molecule has 0 fully saturated rings. The van der Waals surface area contributed by atoms with Crippen molar-refractivity contribution < 1.29 is 18.7 Å². The number of nitrogens with one attached hydrogen (secondary N) is 1. The van der Waals surface area contributed by atoms with E-state index in [1.807, 2.05) is 0 Å². The van der Waals surface area contributed by atoms with E-state index in [-0.39, 0.29) is 5.69 Å². The van der Waals surface area contributed by atoms with Gasteiger partial charge in [0.25, 0.3) is 0 Å². The number of benzene rings is 2. The number of urea groups is 1. The molecule has 0 saturated carbocycles. The van der Waals surface area contributed by atoms with Crippen molar-refractivity contribution in [1.82, 2.24) is 0 Å². The first-order valence-electron chi connectivity index (χ1n) is 5.52. The van der Waals surface area contributed by atoms with Crippen LogP contribution in [0.5, 0.6) is 5.75 Å². The fourth-order valence-electron chi connectivity index (χ4n) is 1.51. The second-order valence-electron chi connectivity index (χ2n) is 3.84. The molecule has 2 rings (SSSR count). The SMILES string of the molecule is O=C(Nc1ccccc1)N(S)c1ccc(F)c(F)c1O. The molecule has 0 atom stereocenters. The Hall–Kier alpha value is -2.28. The Morgan fingerprint density at radius 3 is 2.45 bits per heavy atom. The van der Waals surface area contributed by atoms with E-state index in [1.54, 1.807) is 30.3 Å². The van der Waals surface area contributed by atoms with E-state index in [9.17, 15) is 18.7 Å². The van der Waals surface area contributed by atoms with Crippen molar-refractivity contribution in [2.45, 2.75) is 0 Å². The van der Waals surface area contributed by atoms with Crippen molar-refractivity contribution >= 4 is 30.2 Å². The van der Waals surface area contributed by atoms with Crippen LogP contribution in [0, 0.1) is 11.6 Å². The molecule has 0 radical (unpaired) electrons. The molecule has 2 N–H and O–H groups in total. The number of carbonyl (C=O) groups excluding carboxylic acids is 1. The van der Waals surface area contributed by atoms with E-state index < -0.39 is 23.4 Å². The van der Waals surface area contributed by atoms with Gasteiger partial charge in [0.05, 0.1) is 0 Å². The van der Waals surface area contributed by atoms with Gasteiger partial charge in [-0.3, -0.25) is 0 Å². The summed E-state index contributed by atoms with van der Waals surface area (Å²) in [6, 6.07) is 9.61. The van der Waals surface area contributed by atoms with Gasteiger partial charge in [-0.15, -0.1) is 0 Å². The van der Waals surface area contributed by atoms with E-state index >= 15 is 0 Å². The van der Waals surface area contributed by atoms with Crippen molar-refractivity contribution in [2.75, 3.05) is 9.62 Å². The number of amides is 2. The number of thiol groups is 1. The normalized spacial score (nSPS) is 10.2. The van der Waals surface area contributed by atoms with E-state index in [0.717, 1.165) is 12.1 Å². The third-order valence-corrected chi connectivity index (χ3v) is 2.89. The van der Waals surface area contributed by atoms with Crippen LogP contribution >= 0.6 is 12.8 Å². The lowest BCUT2D eigenvalue weighted by molar-refractivity contribution is 0.260. The Labute approximate surface area is 119 Å². The predicted molar refractivity (Wildman–Crippen MR) is 74.9 cm³/mol. The number of halogens is 2. The summed E-state index contributed by atoms with van der Waals surface area (Å²) in [5, 5.41) is 12.0. The predicted octanol–water partition coefficient (Wildman–Crippen LogP) is 3.55. The maximum absolute atomic E-state index is 13.2. The van der Waals surface area contributed by atoms with E-state index in [1.165, 1.54) is 0 Å². The molecule has 0 aromatic heterocycles. The first-order valence-corrected chi connectivity index (χ1v) is 5.92. The van der Waals surface area contributed by atoms with Gasteiger partial charge in [-0.05, 0) is 24.3 Å². The molecule has 4 nitrogen and oxygen atoms in total. The third kappa shape index (κ3) is 2.83. The largest absolute Gasteiger partial charge is 0.503 e. The van der Waals surface area contributed by atoms with Gasteiger partial charge in [0.1, 0.15) is 5.69 Å². The number of aromatic hydroxyl groups is 1. The maximum atomic E-state index is 13.2. The number of rotatable bonds is 2. The highest BCUT2D eigenvalue weighted by atomic mass is 32.1. The number of para-hydroxylation sites is 1. The van der Waals surface area contributed by atoms with E-state index in [4.69, 9.17) is 0 Å². The summed E-state index contributed by atoms with van der Waals surface area (Å²) >= 11 is 3.87. The average molecular weight is 296 g/mol. The highest BCUT2D eigenvalue weighted by Gasteiger charge is 2.20. The number of anilines is 2. The highest BCUT2D eigenvalue weighted by Crippen LogP contribution is 2.32.